The molecule has 0 radical (unpaired) electrons. The molecule has 2 heterocycles. The first kappa shape index (κ1) is 11.2. The van der Waals surface area contributed by atoms with Crippen molar-refractivity contribution in [1.29, 1.82) is 5.26 Å². The Morgan fingerprint density at radius 2 is 1.94 bits per heavy atom. The molecule has 0 unspecified atom stereocenters. The van der Waals surface area contributed by atoms with Gasteiger partial charge in [0, 0.05) is 19.3 Å². The second kappa shape index (κ2) is 5.13. The maximum absolute atomic E-state index is 9.14. The van der Waals surface area contributed by atoms with Crippen LogP contribution in [0.4, 0.5) is 5.69 Å². The highest BCUT2D eigenvalue weighted by atomic mass is 32.1. The van der Waals surface area contributed by atoms with E-state index in [1.165, 1.54) is 25.7 Å². The Morgan fingerprint density at radius 1 is 1.25 bits per heavy atom. The SMILES string of the molecule is N#Cc1c(N2CCCCCC2)cc[nH]c1=S. The fraction of sp³-hybridized carbons (Fsp3) is 0.500. The number of nitrogens with one attached hydrogen (secondary N) is 1. The van der Waals surface area contributed by atoms with E-state index in [4.69, 9.17) is 17.5 Å². The normalized spacial score (nSPS) is 16.6. The van der Waals surface area contributed by atoms with Crippen molar-refractivity contribution >= 4 is 17.9 Å². The van der Waals surface area contributed by atoms with Crippen molar-refractivity contribution in [3.63, 3.8) is 0 Å². The van der Waals surface area contributed by atoms with Gasteiger partial charge in [-0.15, -0.1) is 0 Å². The van der Waals surface area contributed by atoms with Gasteiger partial charge >= 0.3 is 0 Å². The molecule has 3 nitrogen and oxygen atoms in total. The lowest BCUT2D eigenvalue weighted by Crippen LogP contribution is -2.24. The summed E-state index contributed by atoms with van der Waals surface area (Å²) in [5.41, 5.74) is 1.60. The number of anilines is 1. The van der Waals surface area contributed by atoms with Gasteiger partial charge in [-0.3, -0.25) is 0 Å². The van der Waals surface area contributed by atoms with Gasteiger partial charge in [0.2, 0.25) is 0 Å². The summed E-state index contributed by atoms with van der Waals surface area (Å²) in [6.45, 7) is 2.07. The lowest BCUT2D eigenvalue weighted by atomic mass is 10.2. The van der Waals surface area contributed by atoms with E-state index in [9.17, 15) is 0 Å². The Hall–Kier alpha value is -1.34. The zero-order valence-electron chi connectivity index (χ0n) is 9.20. The van der Waals surface area contributed by atoms with E-state index in [1.807, 2.05) is 12.3 Å². The monoisotopic (exact) mass is 233 g/mol. The minimum Gasteiger partial charge on any atom is -0.370 e. The van der Waals surface area contributed by atoms with Crippen LogP contribution in [-0.2, 0) is 0 Å². The van der Waals surface area contributed by atoms with Crippen LogP contribution >= 0.6 is 12.2 Å². The molecule has 84 valence electrons. The predicted molar refractivity (Wildman–Crippen MR) is 67.0 cm³/mol. The average molecular weight is 233 g/mol. The summed E-state index contributed by atoms with van der Waals surface area (Å²) >= 11 is 5.14. The number of H-pyrrole nitrogens is 1. The summed E-state index contributed by atoms with van der Waals surface area (Å²) in [6.07, 6.45) is 6.81. The first-order valence-electron chi connectivity index (χ1n) is 5.69. The van der Waals surface area contributed by atoms with Gasteiger partial charge in [-0.05, 0) is 18.9 Å². The molecule has 16 heavy (non-hydrogen) atoms. The Balaban J connectivity index is 2.35. The summed E-state index contributed by atoms with van der Waals surface area (Å²) < 4.78 is 0.546. The molecule has 0 aromatic carbocycles. The van der Waals surface area contributed by atoms with E-state index < -0.39 is 0 Å². The molecule has 0 atom stereocenters. The highest BCUT2D eigenvalue weighted by Gasteiger charge is 2.14. The second-order valence-electron chi connectivity index (χ2n) is 4.08. The largest absolute Gasteiger partial charge is 0.370 e. The Morgan fingerprint density at radius 3 is 2.56 bits per heavy atom. The molecular weight excluding hydrogens is 218 g/mol. The van der Waals surface area contributed by atoms with Gasteiger partial charge in [0.1, 0.15) is 16.3 Å². The molecule has 0 aliphatic carbocycles. The van der Waals surface area contributed by atoms with Crippen molar-refractivity contribution in [1.82, 2.24) is 4.98 Å². The number of pyridine rings is 1. The molecular formula is C12H15N3S. The summed E-state index contributed by atoms with van der Waals surface area (Å²) in [5.74, 6) is 0. The molecule has 1 aromatic rings. The van der Waals surface area contributed by atoms with Crippen LogP contribution in [0, 0.1) is 16.0 Å². The minimum atomic E-state index is 0.546. The van der Waals surface area contributed by atoms with Crippen LogP contribution in [0.3, 0.4) is 0 Å². The Kier molecular flexibility index (Phi) is 3.58. The molecule has 1 N–H and O–H groups in total. The highest BCUT2D eigenvalue weighted by molar-refractivity contribution is 7.71. The molecule has 1 aliphatic heterocycles. The van der Waals surface area contributed by atoms with Gasteiger partial charge in [-0.2, -0.15) is 5.26 Å². The summed E-state index contributed by atoms with van der Waals surface area (Å²) in [4.78, 5) is 5.20. The first-order chi connectivity index (χ1) is 7.83. The van der Waals surface area contributed by atoms with Crippen LogP contribution in [0.2, 0.25) is 0 Å². The van der Waals surface area contributed by atoms with E-state index >= 15 is 0 Å². The third-order valence-electron chi connectivity index (χ3n) is 3.00. The smallest absolute Gasteiger partial charge is 0.123 e. The Labute approximate surface area is 101 Å². The maximum Gasteiger partial charge on any atom is 0.123 e. The minimum absolute atomic E-state index is 0.546. The fourth-order valence-electron chi connectivity index (χ4n) is 2.15. The molecule has 4 heteroatoms. The summed E-state index contributed by atoms with van der Waals surface area (Å²) in [7, 11) is 0. The lowest BCUT2D eigenvalue weighted by molar-refractivity contribution is 0.726. The highest BCUT2D eigenvalue weighted by Crippen LogP contribution is 2.23. The van der Waals surface area contributed by atoms with Crippen molar-refractivity contribution in [2.24, 2.45) is 0 Å². The number of nitriles is 1. The van der Waals surface area contributed by atoms with Gasteiger partial charge in [0.25, 0.3) is 0 Å². The number of hydrogen-bond donors (Lipinski definition) is 1. The van der Waals surface area contributed by atoms with Crippen LogP contribution in [0.1, 0.15) is 31.2 Å². The van der Waals surface area contributed by atoms with Gasteiger partial charge in [0.05, 0.1) is 5.69 Å². The molecule has 1 fully saturated rings. The van der Waals surface area contributed by atoms with E-state index in [2.05, 4.69) is 16.0 Å². The number of nitrogens with zero attached hydrogens (tertiary/aromatic N) is 2. The summed E-state index contributed by atoms with van der Waals surface area (Å²) in [5, 5.41) is 9.14. The Bertz CT molecular complexity index is 450. The molecule has 0 saturated carbocycles. The third-order valence-corrected chi connectivity index (χ3v) is 3.32. The second-order valence-corrected chi connectivity index (χ2v) is 4.49. The molecule has 0 spiro atoms. The van der Waals surface area contributed by atoms with Crippen molar-refractivity contribution in [3.05, 3.63) is 22.5 Å². The zero-order valence-corrected chi connectivity index (χ0v) is 10.0. The van der Waals surface area contributed by atoms with E-state index in [0.29, 0.717) is 10.2 Å². The number of aromatic nitrogens is 1. The van der Waals surface area contributed by atoms with Crippen LogP contribution in [0.5, 0.6) is 0 Å². The predicted octanol–water partition coefficient (Wildman–Crippen LogP) is 3.00. The molecule has 0 amide bonds. The van der Waals surface area contributed by atoms with Crippen molar-refractivity contribution in [3.8, 4) is 6.07 Å². The molecule has 2 rings (SSSR count). The van der Waals surface area contributed by atoms with Crippen molar-refractivity contribution in [2.75, 3.05) is 18.0 Å². The standard InChI is InChI=1S/C12H15N3S/c13-9-10-11(5-6-14-12(10)16)15-7-3-1-2-4-8-15/h5-6H,1-4,7-8H2,(H,14,16). The van der Waals surface area contributed by atoms with Gasteiger partial charge < -0.3 is 9.88 Å². The fourth-order valence-corrected chi connectivity index (χ4v) is 2.37. The third kappa shape index (κ3) is 2.25. The van der Waals surface area contributed by atoms with Crippen molar-refractivity contribution < 1.29 is 0 Å². The van der Waals surface area contributed by atoms with E-state index in [0.717, 1.165) is 18.8 Å². The van der Waals surface area contributed by atoms with Crippen LogP contribution in [0.15, 0.2) is 12.3 Å². The average Bonchev–Trinajstić information content (AvgIpc) is 2.57. The molecule has 1 aliphatic rings. The lowest BCUT2D eigenvalue weighted by Gasteiger charge is -2.23. The number of aromatic amines is 1. The summed E-state index contributed by atoms with van der Waals surface area (Å²) in [6, 6.07) is 4.16. The molecule has 1 saturated heterocycles. The van der Waals surface area contributed by atoms with Gasteiger partial charge in [0.15, 0.2) is 0 Å². The zero-order chi connectivity index (χ0) is 11.4. The van der Waals surface area contributed by atoms with Gasteiger partial charge in [-0.25, -0.2) is 0 Å². The number of hydrogen-bond acceptors (Lipinski definition) is 3. The molecule has 0 bridgehead atoms. The van der Waals surface area contributed by atoms with Crippen LogP contribution in [-0.4, -0.2) is 18.1 Å². The van der Waals surface area contributed by atoms with E-state index in [-0.39, 0.29) is 0 Å². The van der Waals surface area contributed by atoms with Crippen molar-refractivity contribution in [2.45, 2.75) is 25.7 Å². The van der Waals surface area contributed by atoms with Crippen LogP contribution in [0.25, 0.3) is 0 Å². The van der Waals surface area contributed by atoms with Crippen LogP contribution < -0.4 is 4.90 Å². The first-order valence-corrected chi connectivity index (χ1v) is 6.10. The quantitative estimate of drug-likeness (QED) is 0.758. The molecule has 1 aromatic heterocycles. The maximum atomic E-state index is 9.14. The van der Waals surface area contributed by atoms with E-state index in [1.54, 1.807) is 0 Å². The topological polar surface area (TPSA) is 42.8 Å². The van der Waals surface area contributed by atoms with Gasteiger partial charge in [-0.1, -0.05) is 25.1 Å². The number of rotatable bonds is 1.